The predicted octanol–water partition coefficient (Wildman–Crippen LogP) is 3.00. The zero-order chi connectivity index (χ0) is 26.4. The van der Waals surface area contributed by atoms with Crippen molar-refractivity contribution in [2.45, 2.75) is 32.2 Å². The Kier molecular flexibility index (Phi) is 6.23. The van der Waals surface area contributed by atoms with Crippen LogP contribution in [0.5, 0.6) is 0 Å². The molecule has 0 spiro atoms. The van der Waals surface area contributed by atoms with E-state index in [0.717, 1.165) is 34.8 Å². The summed E-state index contributed by atoms with van der Waals surface area (Å²) in [5, 5.41) is 18.6. The minimum atomic E-state index is -0.395. The first-order valence-corrected chi connectivity index (χ1v) is 13.4. The number of benzene rings is 1. The first-order chi connectivity index (χ1) is 18.3. The molecule has 2 amide bonds. The number of halogens is 1. The highest BCUT2D eigenvalue weighted by atomic mass is 79.9. The maximum Gasteiger partial charge on any atom is 0.230 e. The van der Waals surface area contributed by atoms with Crippen molar-refractivity contribution in [1.29, 1.82) is 0 Å². The maximum absolute atomic E-state index is 12.4. The lowest BCUT2D eigenvalue weighted by atomic mass is 9.87. The van der Waals surface area contributed by atoms with E-state index in [0.29, 0.717) is 41.4 Å². The Bertz CT molecular complexity index is 1570. The van der Waals surface area contributed by atoms with Crippen molar-refractivity contribution in [1.82, 2.24) is 35.4 Å². The van der Waals surface area contributed by atoms with E-state index in [1.807, 2.05) is 31.2 Å². The normalized spacial score (nSPS) is 21.4. The number of nitrogens with one attached hydrogen (secondary N) is 4. The van der Waals surface area contributed by atoms with Gasteiger partial charge in [0.1, 0.15) is 4.60 Å². The second kappa shape index (κ2) is 9.59. The number of pyridine rings is 1. The van der Waals surface area contributed by atoms with Gasteiger partial charge in [-0.3, -0.25) is 14.6 Å². The number of rotatable bonds is 6. The Morgan fingerprint density at radius 2 is 2.03 bits per heavy atom. The average Bonchev–Trinajstić information content (AvgIpc) is 3.42. The minimum absolute atomic E-state index is 0.00214. The van der Waals surface area contributed by atoms with Gasteiger partial charge in [0.25, 0.3) is 0 Å². The van der Waals surface area contributed by atoms with Gasteiger partial charge in [-0.2, -0.15) is 10.1 Å². The molecule has 1 aliphatic heterocycles. The van der Waals surface area contributed by atoms with Crippen LogP contribution in [0.25, 0.3) is 27.6 Å². The lowest BCUT2D eigenvalue weighted by Gasteiger charge is -2.25. The van der Waals surface area contributed by atoms with Gasteiger partial charge < -0.3 is 21.3 Å². The molecule has 11 nitrogen and oxygen atoms in total. The number of aromatic nitrogens is 5. The fraction of sp³-hybridized carbons (Fsp3) is 0.385. The zero-order valence-electron chi connectivity index (χ0n) is 21.1. The van der Waals surface area contributed by atoms with Gasteiger partial charge in [-0.05, 0) is 59.5 Å². The third-order valence-electron chi connectivity index (χ3n) is 7.56. The summed E-state index contributed by atoms with van der Waals surface area (Å²) in [6.45, 7) is 3.40. The van der Waals surface area contributed by atoms with Crippen molar-refractivity contribution in [2.75, 3.05) is 30.8 Å². The molecule has 38 heavy (non-hydrogen) atoms. The highest BCUT2D eigenvalue weighted by Crippen LogP contribution is 2.39. The molecule has 6 rings (SSSR count). The number of carbonyl (C=O) groups is 2. The quantitative estimate of drug-likeness (QED) is 0.274. The third-order valence-corrected chi connectivity index (χ3v) is 8.14. The Morgan fingerprint density at radius 3 is 2.79 bits per heavy atom. The van der Waals surface area contributed by atoms with Crippen LogP contribution >= 0.6 is 15.9 Å². The van der Waals surface area contributed by atoms with Crippen LogP contribution in [0.15, 0.2) is 41.3 Å². The van der Waals surface area contributed by atoms with Crippen LogP contribution in [0.1, 0.15) is 26.2 Å². The molecule has 1 saturated carbocycles. The van der Waals surface area contributed by atoms with Gasteiger partial charge in [-0.25, -0.2) is 9.67 Å². The van der Waals surface area contributed by atoms with Gasteiger partial charge >= 0.3 is 0 Å². The number of fused-ring (bicyclic) bond motifs is 2. The Balaban J connectivity index is 1.28. The third kappa shape index (κ3) is 4.47. The number of anilines is 2. The average molecular weight is 578 g/mol. The molecular formula is C26H28BrN9O2. The van der Waals surface area contributed by atoms with E-state index in [-0.39, 0.29) is 23.8 Å². The fourth-order valence-electron chi connectivity index (χ4n) is 5.21. The molecule has 4 heterocycles. The van der Waals surface area contributed by atoms with Crippen LogP contribution in [-0.2, 0) is 9.59 Å². The number of amides is 2. The van der Waals surface area contributed by atoms with Crippen LogP contribution in [0.4, 0.5) is 11.6 Å². The van der Waals surface area contributed by atoms with Crippen LogP contribution in [0.2, 0.25) is 0 Å². The van der Waals surface area contributed by atoms with Crippen molar-refractivity contribution >= 4 is 61.3 Å². The molecule has 2 fully saturated rings. The fourth-order valence-corrected chi connectivity index (χ4v) is 5.65. The van der Waals surface area contributed by atoms with Gasteiger partial charge in [-0.15, -0.1) is 0 Å². The van der Waals surface area contributed by atoms with Crippen molar-refractivity contribution in [3.63, 3.8) is 0 Å². The second-order valence-corrected chi connectivity index (χ2v) is 11.1. The largest absolute Gasteiger partial charge is 0.359 e. The van der Waals surface area contributed by atoms with Gasteiger partial charge in [0.05, 0.1) is 34.4 Å². The summed E-state index contributed by atoms with van der Waals surface area (Å²) in [6, 6.07) is 7.86. The summed E-state index contributed by atoms with van der Waals surface area (Å²) in [7, 11) is 1.68. The van der Waals surface area contributed by atoms with E-state index >= 15 is 0 Å². The predicted molar refractivity (Wildman–Crippen MR) is 148 cm³/mol. The van der Waals surface area contributed by atoms with Crippen LogP contribution < -0.4 is 21.3 Å². The van der Waals surface area contributed by atoms with E-state index in [4.69, 9.17) is 4.98 Å². The summed E-state index contributed by atoms with van der Waals surface area (Å²) in [6.07, 6.45) is 5.81. The van der Waals surface area contributed by atoms with Gasteiger partial charge in [0, 0.05) is 43.2 Å². The molecule has 0 unspecified atom stereocenters. The molecular weight excluding hydrogens is 550 g/mol. The van der Waals surface area contributed by atoms with Gasteiger partial charge in [0.2, 0.25) is 17.8 Å². The summed E-state index contributed by atoms with van der Waals surface area (Å²) in [4.78, 5) is 38.5. The molecule has 2 aliphatic rings. The maximum atomic E-state index is 12.4. The zero-order valence-corrected chi connectivity index (χ0v) is 22.7. The SMILES string of the molecule is CNC(=O)[C@]1(C)CC[C@@H](Nc2ncc3c(Br)nn(-c4ccc5ncc(NC(=O)C6CNC6)cc5c4)c3n2)C1. The van der Waals surface area contributed by atoms with Crippen molar-refractivity contribution in [2.24, 2.45) is 11.3 Å². The standard InChI is InChI=1S/C26H28BrN9O2/c1-26(24(38)28-2)6-5-16(9-26)33-25-31-13-19-21(27)35-36(22(19)34-25)18-3-4-20-14(8-18)7-17(12-30-20)32-23(37)15-10-29-11-15/h3-4,7-8,12-13,15-16,29H,5-6,9-11H2,1-2H3,(H,28,38)(H,32,37)(H,31,33,34)/t16-,26-/m1/s1. The molecule has 1 aliphatic carbocycles. The number of carbonyl (C=O) groups excluding carboxylic acids is 2. The molecule has 0 radical (unpaired) electrons. The summed E-state index contributed by atoms with van der Waals surface area (Å²) >= 11 is 3.54. The lowest BCUT2D eigenvalue weighted by Crippen LogP contribution is -2.48. The van der Waals surface area contributed by atoms with Crippen molar-refractivity contribution in [3.05, 3.63) is 41.3 Å². The van der Waals surface area contributed by atoms with E-state index in [9.17, 15) is 9.59 Å². The summed E-state index contributed by atoms with van der Waals surface area (Å²) < 4.78 is 2.40. The Morgan fingerprint density at radius 1 is 1.18 bits per heavy atom. The number of nitrogens with zero attached hydrogens (tertiary/aromatic N) is 5. The minimum Gasteiger partial charge on any atom is -0.359 e. The monoisotopic (exact) mass is 577 g/mol. The highest BCUT2D eigenvalue weighted by molar-refractivity contribution is 9.10. The molecule has 4 aromatic rings. The van der Waals surface area contributed by atoms with Crippen LogP contribution in [0.3, 0.4) is 0 Å². The van der Waals surface area contributed by atoms with E-state index in [2.05, 4.69) is 52.3 Å². The smallest absolute Gasteiger partial charge is 0.230 e. The topological polar surface area (TPSA) is 139 Å². The summed E-state index contributed by atoms with van der Waals surface area (Å²) in [5.74, 6) is 0.552. The van der Waals surface area contributed by atoms with Crippen molar-refractivity contribution in [3.8, 4) is 5.69 Å². The van der Waals surface area contributed by atoms with E-state index in [1.165, 1.54) is 0 Å². The summed E-state index contributed by atoms with van der Waals surface area (Å²) in [5.41, 5.74) is 2.53. The van der Waals surface area contributed by atoms with E-state index in [1.54, 1.807) is 24.1 Å². The number of hydrogen-bond acceptors (Lipinski definition) is 8. The molecule has 12 heteroatoms. The first-order valence-electron chi connectivity index (χ1n) is 12.6. The van der Waals surface area contributed by atoms with Crippen LogP contribution in [0, 0.1) is 11.3 Å². The highest BCUT2D eigenvalue weighted by Gasteiger charge is 2.41. The molecule has 196 valence electrons. The van der Waals surface area contributed by atoms with Crippen LogP contribution in [-0.4, -0.2) is 62.7 Å². The Labute approximate surface area is 227 Å². The van der Waals surface area contributed by atoms with E-state index < -0.39 is 5.41 Å². The molecule has 1 saturated heterocycles. The first kappa shape index (κ1) is 24.7. The molecule has 0 bridgehead atoms. The van der Waals surface area contributed by atoms with Crippen molar-refractivity contribution < 1.29 is 9.59 Å². The number of hydrogen-bond donors (Lipinski definition) is 4. The molecule has 4 N–H and O–H groups in total. The second-order valence-electron chi connectivity index (χ2n) is 10.3. The molecule has 3 aromatic heterocycles. The lowest BCUT2D eigenvalue weighted by molar-refractivity contribution is -0.129. The molecule has 1 aromatic carbocycles. The van der Waals surface area contributed by atoms with Gasteiger partial charge in [0.15, 0.2) is 5.65 Å². The Hall–Kier alpha value is -3.64. The van der Waals surface area contributed by atoms with Gasteiger partial charge in [-0.1, -0.05) is 6.92 Å². The molecule has 2 atom stereocenters.